The van der Waals surface area contributed by atoms with Gasteiger partial charge in [-0.15, -0.1) is 0 Å². The summed E-state index contributed by atoms with van der Waals surface area (Å²) in [6.45, 7) is 8.61. The highest BCUT2D eigenvalue weighted by Crippen LogP contribution is 2.30. The van der Waals surface area contributed by atoms with Crippen LogP contribution in [0.2, 0.25) is 0 Å². The van der Waals surface area contributed by atoms with Crippen molar-refractivity contribution >= 4 is 6.09 Å². The first-order chi connectivity index (χ1) is 7.97. The summed E-state index contributed by atoms with van der Waals surface area (Å²) in [6.07, 6.45) is 3.44. The minimum atomic E-state index is -0.396. The maximum Gasteiger partial charge on any atom is 0.410 e. The third kappa shape index (κ3) is 3.12. The molecule has 0 bridgehead atoms. The SMILES string of the molecule is CC(C)(C)OC(=O)N1CCC2CCCNCC21. The summed E-state index contributed by atoms with van der Waals surface area (Å²) in [6, 6.07) is 0.340. The topological polar surface area (TPSA) is 41.6 Å². The molecule has 0 aliphatic carbocycles. The van der Waals surface area contributed by atoms with E-state index in [9.17, 15) is 4.79 Å². The predicted molar refractivity (Wildman–Crippen MR) is 66.9 cm³/mol. The Labute approximate surface area is 104 Å². The third-order valence-electron chi connectivity index (χ3n) is 3.60. The van der Waals surface area contributed by atoms with Crippen molar-refractivity contribution < 1.29 is 9.53 Å². The molecule has 2 heterocycles. The lowest BCUT2D eigenvalue weighted by Gasteiger charge is -2.29. The van der Waals surface area contributed by atoms with Crippen LogP contribution in [0, 0.1) is 5.92 Å². The average molecular weight is 240 g/mol. The summed E-state index contributed by atoms with van der Waals surface area (Å²) in [5.74, 6) is 0.664. The quantitative estimate of drug-likeness (QED) is 0.704. The molecule has 2 unspecified atom stereocenters. The summed E-state index contributed by atoms with van der Waals surface area (Å²) in [5, 5.41) is 3.42. The molecule has 98 valence electrons. The largest absolute Gasteiger partial charge is 0.444 e. The number of hydrogen-bond acceptors (Lipinski definition) is 3. The van der Waals surface area contributed by atoms with Gasteiger partial charge in [-0.25, -0.2) is 4.79 Å². The lowest BCUT2D eigenvalue weighted by atomic mass is 9.96. The van der Waals surface area contributed by atoms with Gasteiger partial charge in [0.25, 0.3) is 0 Å². The Balaban J connectivity index is 1.99. The molecule has 0 aromatic rings. The first kappa shape index (κ1) is 12.7. The van der Waals surface area contributed by atoms with Crippen molar-refractivity contribution in [3.05, 3.63) is 0 Å². The molecule has 0 aromatic carbocycles. The number of likely N-dealkylation sites (tertiary alicyclic amines) is 1. The number of hydrogen-bond donors (Lipinski definition) is 1. The van der Waals surface area contributed by atoms with E-state index in [1.807, 2.05) is 25.7 Å². The van der Waals surface area contributed by atoms with Crippen LogP contribution < -0.4 is 5.32 Å². The number of rotatable bonds is 0. The van der Waals surface area contributed by atoms with Crippen LogP contribution in [0.5, 0.6) is 0 Å². The lowest BCUT2D eigenvalue weighted by molar-refractivity contribution is 0.0211. The number of amides is 1. The normalized spacial score (nSPS) is 29.7. The summed E-state index contributed by atoms with van der Waals surface area (Å²) < 4.78 is 5.47. The van der Waals surface area contributed by atoms with Gasteiger partial charge in [-0.05, 0) is 52.5 Å². The van der Waals surface area contributed by atoms with Crippen molar-refractivity contribution in [2.45, 2.75) is 51.7 Å². The van der Waals surface area contributed by atoms with Gasteiger partial charge in [0.1, 0.15) is 5.60 Å². The van der Waals surface area contributed by atoms with Crippen LogP contribution in [0.4, 0.5) is 4.79 Å². The highest BCUT2D eigenvalue weighted by Gasteiger charge is 2.39. The zero-order chi connectivity index (χ0) is 12.5. The van der Waals surface area contributed by atoms with Gasteiger partial charge in [0.05, 0.1) is 6.04 Å². The first-order valence-corrected chi connectivity index (χ1v) is 6.68. The Kier molecular flexibility index (Phi) is 3.61. The molecule has 0 aromatic heterocycles. The van der Waals surface area contributed by atoms with E-state index in [0.717, 1.165) is 26.1 Å². The average Bonchev–Trinajstić information content (AvgIpc) is 2.46. The second-order valence-electron chi connectivity index (χ2n) is 6.14. The van der Waals surface area contributed by atoms with Crippen molar-refractivity contribution in [1.29, 1.82) is 0 Å². The molecule has 1 N–H and O–H groups in total. The van der Waals surface area contributed by atoms with E-state index in [4.69, 9.17) is 4.74 Å². The van der Waals surface area contributed by atoms with Crippen LogP contribution in [0.3, 0.4) is 0 Å². The van der Waals surface area contributed by atoms with Crippen LogP contribution in [-0.2, 0) is 4.74 Å². The van der Waals surface area contributed by atoms with E-state index in [0.29, 0.717) is 12.0 Å². The van der Waals surface area contributed by atoms with E-state index in [-0.39, 0.29) is 6.09 Å². The molecule has 17 heavy (non-hydrogen) atoms. The molecule has 0 spiro atoms. The fourth-order valence-corrected chi connectivity index (χ4v) is 2.82. The van der Waals surface area contributed by atoms with Crippen LogP contribution >= 0.6 is 0 Å². The van der Waals surface area contributed by atoms with E-state index < -0.39 is 5.60 Å². The molecule has 2 atom stereocenters. The summed E-state index contributed by atoms with van der Waals surface area (Å²) in [4.78, 5) is 14.0. The van der Waals surface area contributed by atoms with Gasteiger partial charge >= 0.3 is 6.09 Å². The number of ether oxygens (including phenoxy) is 1. The Morgan fingerprint density at radius 3 is 2.82 bits per heavy atom. The number of carbonyl (C=O) groups excluding carboxylic acids is 1. The Hall–Kier alpha value is -0.770. The van der Waals surface area contributed by atoms with Crippen LogP contribution in [0.1, 0.15) is 40.0 Å². The molecule has 2 saturated heterocycles. The molecular weight excluding hydrogens is 216 g/mol. The van der Waals surface area contributed by atoms with Gasteiger partial charge in [0.2, 0.25) is 0 Å². The fraction of sp³-hybridized carbons (Fsp3) is 0.923. The van der Waals surface area contributed by atoms with Gasteiger partial charge in [0, 0.05) is 13.1 Å². The molecule has 4 nitrogen and oxygen atoms in total. The Bertz CT molecular complexity index is 286. The van der Waals surface area contributed by atoms with Crippen molar-refractivity contribution in [2.75, 3.05) is 19.6 Å². The van der Waals surface area contributed by atoms with Crippen molar-refractivity contribution in [3.63, 3.8) is 0 Å². The minimum Gasteiger partial charge on any atom is -0.444 e. The molecule has 4 heteroatoms. The summed E-state index contributed by atoms with van der Waals surface area (Å²) in [7, 11) is 0. The number of nitrogens with zero attached hydrogens (tertiary/aromatic N) is 1. The molecule has 2 aliphatic rings. The monoisotopic (exact) mass is 240 g/mol. The van der Waals surface area contributed by atoms with Crippen LogP contribution in [-0.4, -0.2) is 42.3 Å². The maximum atomic E-state index is 12.1. The molecule has 2 aliphatic heterocycles. The third-order valence-corrected chi connectivity index (χ3v) is 3.60. The van der Waals surface area contributed by atoms with Gasteiger partial charge in [-0.3, -0.25) is 0 Å². The van der Waals surface area contributed by atoms with Gasteiger partial charge < -0.3 is 15.0 Å². The molecule has 2 fully saturated rings. The van der Waals surface area contributed by atoms with E-state index in [2.05, 4.69) is 5.32 Å². The Morgan fingerprint density at radius 2 is 2.12 bits per heavy atom. The van der Waals surface area contributed by atoms with E-state index in [1.165, 1.54) is 12.8 Å². The van der Waals surface area contributed by atoms with Gasteiger partial charge in [-0.2, -0.15) is 0 Å². The number of carbonyl (C=O) groups is 1. The highest BCUT2D eigenvalue weighted by atomic mass is 16.6. The molecule has 2 rings (SSSR count). The molecule has 0 saturated carbocycles. The smallest absolute Gasteiger partial charge is 0.410 e. The second-order valence-corrected chi connectivity index (χ2v) is 6.14. The van der Waals surface area contributed by atoms with Crippen molar-refractivity contribution in [1.82, 2.24) is 10.2 Å². The van der Waals surface area contributed by atoms with Crippen molar-refractivity contribution in [2.24, 2.45) is 5.92 Å². The molecular formula is C13H24N2O2. The lowest BCUT2D eigenvalue weighted by Crippen LogP contribution is -2.45. The standard InChI is InChI=1S/C13H24N2O2/c1-13(2,3)17-12(16)15-8-6-10-5-4-7-14-9-11(10)15/h10-11,14H,4-9H2,1-3H3. The maximum absolute atomic E-state index is 12.1. The fourth-order valence-electron chi connectivity index (χ4n) is 2.82. The zero-order valence-electron chi connectivity index (χ0n) is 11.2. The van der Waals surface area contributed by atoms with Crippen molar-refractivity contribution in [3.8, 4) is 0 Å². The minimum absolute atomic E-state index is 0.145. The summed E-state index contributed by atoms with van der Waals surface area (Å²) in [5.41, 5.74) is -0.396. The van der Waals surface area contributed by atoms with Gasteiger partial charge in [0.15, 0.2) is 0 Å². The van der Waals surface area contributed by atoms with E-state index in [1.54, 1.807) is 0 Å². The Morgan fingerprint density at radius 1 is 1.35 bits per heavy atom. The van der Waals surface area contributed by atoms with Gasteiger partial charge in [-0.1, -0.05) is 0 Å². The second kappa shape index (κ2) is 4.84. The predicted octanol–water partition coefficient (Wildman–Crippen LogP) is 2.00. The zero-order valence-corrected chi connectivity index (χ0v) is 11.2. The highest BCUT2D eigenvalue weighted by molar-refractivity contribution is 5.69. The summed E-state index contributed by atoms with van der Waals surface area (Å²) >= 11 is 0. The van der Waals surface area contributed by atoms with Crippen LogP contribution in [0.15, 0.2) is 0 Å². The number of nitrogens with one attached hydrogen (secondary N) is 1. The van der Waals surface area contributed by atoms with Crippen LogP contribution in [0.25, 0.3) is 0 Å². The molecule has 0 radical (unpaired) electrons. The first-order valence-electron chi connectivity index (χ1n) is 6.68. The molecule has 1 amide bonds. The van der Waals surface area contributed by atoms with E-state index >= 15 is 0 Å². The number of fused-ring (bicyclic) bond motifs is 1.